The molecule has 0 aliphatic rings. The van der Waals surface area contributed by atoms with Crippen molar-refractivity contribution >= 4 is 11.5 Å². The molecule has 0 aliphatic heterocycles. The Morgan fingerprint density at radius 3 is 3.31 bits per heavy atom. The smallest absolute Gasteiger partial charge is 0.358 e. The Morgan fingerprint density at radius 2 is 2.54 bits per heavy atom. The summed E-state index contributed by atoms with van der Waals surface area (Å²) in [5.41, 5.74) is 1.06. The lowest BCUT2D eigenvalue weighted by molar-refractivity contribution is 0.0597. The Morgan fingerprint density at radius 1 is 1.69 bits per heavy atom. The third-order valence-corrected chi connectivity index (χ3v) is 1.76. The average Bonchev–Trinajstić information content (AvgIpc) is 2.60. The van der Waals surface area contributed by atoms with Gasteiger partial charge in [-0.1, -0.05) is 6.07 Å². The normalized spacial score (nSPS) is 10.2. The summed E-state index contributed by atoms with van der Waals surface area (Å²) in [6.45, 7) is 0. The Balaban J connectivity index is 2.64. The molecule has 0 N–H and O–H groups in total. The number of aromatic nitrogens is 2. The van der Waals surface area contributed by atoms with Crippen LogP contribution < -0.4 is 0 Å². The maximum Gasteiger partial charge on any atom is 0.358 e. The highest BCUT2D eigenvalue weighted by atomic mass is 16.5. The first-order valence-electron chi connectivity index (χ1n) is 3.74. The molecule has 1 radical (unpaired) electrons. The standard InChI is InChI=1S/C9H7N2O2/c1-13-9(12)8-7-4-2-3-5-11(7)6-10-8/h2,4-6H,1H3. The predicted octanol–water partition coefficient (Wildman–Crippen LogP) is 0.921. The first kappa shape index (κ1) is 7.79. The molecule has 13 heavy (non-hydrogen) atoms. The highest BCUT2D eigenvalue weighted by Gasteiger charge is 2.12. The van der Waals surface area contributed by atoms with E-state index in [2.05, 4.69) is 15.8 Å². The molecule has 2 aromatic heterocycles. The van der Waals surface area contributed by atoms with Gasteiger partial charge in [-0.2, -0.15) is 0 Å². The number of carbonyl (C=O) groups excluding carboxylic acids is 1. The summed E-state index contributed by atoms with van der Waals surface area (Å²) in [6.07, 6.45) is 3.26. The van der Waals surface area contributed by atoms with Crippen molar-refractivity contribution in [2.45, 2.75) is 0 Å². The van der Waals surface area contributed by atoms with Gasteiger partial charge < -0.3 is 9.14 Å². The van der Waals surface area contributed by atoms with E-state index in [0.29, 0.717) is 5.69 Å². The molecule has 0 amide bonds. The Kier molecular flexibility index (Phi) is 1.73. The average molecular weight is 175 g/mol. The van der Waals surface area contributed by atoms with E-state index in [4.69, 9.17) is 0 Å². The molecule has 0 saturated heterocycles. The van der Waals surface area contributed by atoms with E-state index in [9.17, 15) is 4.79 Å². The van der Waals surface area contributed by atoms with Crippen LogP contribution in [-0.2, 0) is 4.74 Å². The summed E-state index contributed by atoms with van der Waals surface area (Å²) in [4.78, 5) is 15.1. The van der Waals surface area contributed by atoms with Crippen LogP contribution >= 0.6 is 0 Å². The molecular formula is C9H7N2O2. The van der Waals surface area contributed by atoms with Gasteiger partial charge in [0.1, 0.15) is 6.33 Å². The van der Waals surface area contributed by atoms with E-state index in [-0.39, 0.29) is 0 Å². The fourth-order valence-electron chi connectivity index (χ4n) is 1.14. The third-order valence-electron chi connectivity index (χ3n) is 1.76. The lowest BCUT2D eigenvalue weighted by atomic mass is 10.3. The number of ether oxygens (including phenoxy) is 1. The van der Waals surface area contributed by atoms with E-state index in [0.717, 1.165) is 5.52 Å². The molecule has 0 saturated carbocycles. The first-order chi connectivity index (χ1) is 6.33. The highest BCUT2D eigenvalue weighted by Crippen LogP contribution is 2.08. The van der Waals surface area contributed by atoms with Crippen molar-refractivity contribution in [1.29, 1.82) is 0 Å². The molecular weight excluding hydrogens is 168 g/mol. The summed E-state index contributed by atoms with van der Waals surface area (Å²) in [7, 11) is 1.34. The van der Waals surface area contributed by atoms with Crippen molar-refractivity contribution in [2.75, 3.05) is 7.11 Å². The van der Waals surface area contributed by atoms with Gasteiger partial charge in [-0.3, -0.25) is 0 Å². The second-order valence-corrected chi connectivity index (χ2v) is 2.51. The van der Waals surface area contributed by atoms with Crippen LogP contribution in [0.15, 0.2) is 24.7 Å². The van der Waals surface area contributed by atoms with Crippen molar-refractivity contribution in [3.8, 4) is 0 Å². The number of methoxy groups -OCH3 is 1. The van der Waals surface area contributed by atoms with Crippen LogP contribution in [0.3, 0.4) is 0 Å². The molecule has 0 aromatic carbocycles. The van der Waals surface area contributed by atoms with Crippen LogP contribution in [0.2, 0.25) is 0 Å². The predicted molar refractivity (Wildman–Crippen MR) is 45.4 cm³/mol. The number of nitrogens with zero attached hydrogens (tertiary/aromatic N) is 2. The monoisotopic (exact) mass is 175 g/mol. The quantitative estimate of drug-likeness (QED) is 0.605. The van der Waals surface area contributed by atoms with Crippen LogP contribution in [0.25, 0.3) is 5.52 Å². The molecule has 0 unspecified atom stereocenters. The molecule has 0 aliphatic carbocycles. The minimum Gasteiger partial charge on any atom is -0.464 e. The lowest BCUT2D eigenvalue weighted by Crippen LogP contribution is -2.01. The fourth-order valence-corrected chi connectivity index (χ4v) is 1.14. The Bertz CT molecular complexity index is 448. The lowest BCUT2D eigenvalue weighted by Gasteiger charge is -1.94. The van der Waals surface area contributed by atoms with Crippen LogP contribution in [-0.4, -0.2) is 22.5 Å². The van der Waals surface area contributed by atoms with Crippen LogP contribution in [0.5, 0.6) is 0 Å². The molecule has 0 fully saturated rings. The number of esters is 1. The first-order valence-corrected chi connectivity index (χ1v) is 3.74. The molecule has 2 rings (SSSR count). The second kappa shape index (κ2) is 2.90. The van der Waals surface area contributed by atoms with Gasteiger partial charge in [0.25, 0.3) is 0 Å². The van der Waals surface area contributed by atoms with E-state index in [1.165, 1.54) is 7.11 Å². The van der Waals surface area contributed by atoms with Gasteiger partial charge in [-0.25, -0.2) is 9.78 Å². The largest absolute Gasteiger partial charge is 0.464 e. The summed E-state index contributed by atoms with van der Waals surface area (Å²) in [6, 6.07) is 6.37. The van der Waals surface area contributed by atoms with Crippen molar-refractivity contribution in [2.24, 2.45) is 0 Å². The highest BCUT2D eigenvalue weighted by molar-refractivity contribution is 5.94. The van der Waals surface area contributed by atoms with E-state index in [1.54, 1.807) is 29.1 Å². The number of imidazole rings is 1. The molecule has 65 valence electrons. The minimum atomic E-state index is -0.423. The molecule has 0 bridgehead atoms. The summed E-state index contributed by atoms with van der Waals surface area (Å²) in [5.74, 6) is -0.423. The zero-order valence-electron chi connectivity index (χ0n) is 7.02. The van der Waals surface area contributed by atoms with Crippen LogP contribution in [0.1, 0.15) is 10.5 Å². The molecule has 4 nitrogen and oxygen atoms in total. The van der Waals surface area contributed by atoms with Crippen molar-refractivity contribution in [1.82, 2.24) is 9.38 Å². The molecule has 0 atom stereocenters. The van der Waals surface area contributed by atoms with Crippen molar-refractivity contribution in [3.63, 3.8) is 0 Å². The van der Waals surface area contributed by atoms with E-state index in [1.807, 2.05) is 0 Å². The van der Waals surface area contributed by atoms with Gasteiger partial charge >= 0.3 is 5.97 Å². The number of fused-ring (bicyclic) bond motifs is 1. The van der Waals surface area contributed by atoms with Gasteiger partial charge in [0.2, 0.25) is 0 Å². The van der Waals surface area contributed by atoms with Gasteiger partial charge in [0, 0.05) is 6.20 Å². The van der Waals surface area contributed by atoms with Gasteiger partial charge in [-0.05, 0) is 12.1 Å². The van der Waals surface area contributed by atoms with Crippen LogP contribution in [0, 0.1) is 6.07 Å². The third kappa shape index (κ3) is 1.16. The number of carbonyl (C=O) groups is 1. The number of pyridine rings is 1. The van der Waals surface area contributed by atoms with Gasteiger partial charge in [0.05, 0.1) is 12.6 Å². The molecule has 2 aromatic rings. The zero-order chi connectivity index (χ0) is 9.26. The molecule has 2 heterocycles. The van der Waals surface area contributed by atoms with Crippen LogP contribution in [0.4, 0.5) is 0 Å². The summed E-state index contributed by atoms with van der Waals surface area (Å²) < 4.78 is 6.29. The number of hydrogen-bond acceptors (Lipinski definition) is 3. The Hall–Kier alpha value is -1.84. The maximum absolute atomic E-state index is 11.2. The van der Waals surface area contributed by atoms with Crippen molar-refractivity contribution in [3.05, 3.63) is 36.4 Å². The zero-order valence-corrected chi connectivity index (χ0v) is 7.02. The minimum absolute atomic E-state index is 0.330. The van der Waals surface area contributed by atoms with Gasteiger partial charge in [0.15, 0.2) is 5.69 Å². The maximum atomic E-state index is 11.2. The number of rotatable bonds is 1. The fraction of sp³-hybridized carbons (Fsp3) is 0.111. The summed E-state index contributed by atoms with van der Waals surface area (Å²) in [5, 5.41) is 0. The Labute approximate surface area is 74.8 Å². The van der Waals surface area contributed by atoms with Gasteiger partial charge in [-0.15, -0.1) is 0 Å². The molecule has 0 spiro atoms. The number of hydrogen-bond donors (Lipinski definition) is 0. The SMILES string of the molecule is COC(=O)c1ncn2c[c]ccc12. The van der Waals surface area contributed by atoms with Crippen molar-refractivity contribution < 1.29 is 9.53 Å². The summed E-state index contributed by atoms with van der Waals surface area (Å²) >= 11 is 0. The van der Waals surface area contributed by atoms with E-state index >= 15 is 0 Å². The van der Waals surface area contributed by atoms with E-state index < -0.39 is 5.97 Å². The second-order valence-electron chi connectivity index (χ2n) is 2.51. The molecule has 4 heteroatoms. The topological polar surface area (TPSA) is 43.6 Å².